The van der Waals surface area contributed by atoms with Gasteiger partial charge in [0.25, 0.3) is 0 Å². The monoisotopic (exact) mass is 277 g/mol. The second-order valence-corrected chi connectivity index (χ2v) is 5.98. The Morgan fingerprint density at radius 2 is 1.80 bits per heavy atom. The van der Waals surface area contributed by atoms with Crippen LogP contribution >= 0.6 is 0 Å². The fourth-order valence-corrected chi connectivity index (χ4v) is 2.98. The number of β-amino-alcohol motifs (C(OH)–C–C–N with tert-alkyl or cyclic N) is 1. The molecule has 0 amide bonds. The lowest BCUT2D eigenvalue weighted by Crippen LogP contribution is -2.46. The molecule has 0 saturated carbocycles. The van der Waals surface area contributed by atoms with Gasteiger partial charge in [-0.3, -0.25) is 4.90 Å². The highest BCUT2D eigenvalue weighted by molar-refractivity contribution is 5.24. The Balaban J connectivity index is 1.92. The van der Waals surface area contributed by atoms with Gasteiger partial charge in [0.2, 0.25) is 0 Å². The lowest BCUT2D eigenvalue weighted by atomic mass is 10.0. The number of aliphatic hydroxyl groups is 1. The second-order valence-electron chi connectivity index (χ2n) is 5.98. The van der Waals surface area contributed by atoms with Gasteiger partial charge in [0, 0.05) is 19.6 Å². The van der Waals surface area contributed by atoms with Gasteiger partial charge in [0.1, 0.15) is 0 Å². The summed E-state index contributed by atoms with van der Waals surface area (Å²) < 4.78 is 5.72. The zero-order valence-electron chi connectivity index (χ0n) is 12.9. The molecule has 1 N–H and O–H groups in total. The molecule has 1 aliphatic heterocycles. The molecule has 0 aromatic heterocycles. The quantitative estimate of drug-likeness (QED) is 0.898. The van der Waals surface area contributed by atoms with Crippen molar-refractivity contribution in [2.45, 2.75) is 51.9 Å². The summed E-state index contributed by atoms with van der Waals surface area (Å²) in [7, 11) is 0. The number of morpholine rings is 1. The number of hydrogen-bond donors (Lipinski definition) is 1. The molecule has 0 spiro atoms. The Kier molecular flexibility index (Phi) is 5.58. The molecule has 1 heterocycles. The lowest BCUT2D eigenvalue weighted by Gasteiger charge is -2.36. The summed E-state index contributed by atoms with van der Waals surface area (Å²) in [6.45, 7) is 8.85. The van der Waals surface area contributed by atoms with Crippen molar-refractivity contribution in [2.75, 3.05) is 19.6 Å². The first-order valence-corrected chi connectivity index (χ1v) is 7.73. The molecular weight excluding hydrogens is 250 g/mol. The predicted molar refractivity (Wildman–Crippen MR) is 81.8 cm³/mol. The molecule has 3 heteroatoms. The van der Waals surface area contributed by atoms with Crippen LogP contribution in [-0.2, 0) is 11.2 Å². The van der Waals surface area contributed by atoms with Crippen LogP contribution in [0, 0.1) is 0 Å². The third kappa shape index (κ3) is 4.30. The Morgan fingerprint density at radius 3 is 2.35 bits per heavy atom. The van der Waals surface area contributed by atoms with Gasteiger partial charge >= 0.3 is 0 Å². The first-order chi connectivity index (χ1) is 9.58. The van der Waals surface area contributed by atoms with E-state index in [0.717, 1.165) is 31.5 Å². The highest BCUT2D eigenvalue weighted by Gasteiger charge is 2.24. The number of aliphatic hydroxyl groups excluding tert-OH is 1. The van der Waals surface area contributed by atoms with Crippen molar-refractivity contribution in [1.29, 1.82) is 0 Å². The van der Waals surface area contributed by atoms with Gasteiger partial charge in [-0.15, -0.1) is 0 Å². The van der Waals surface area contributed by atoms with Gasteiger partial charge < -0.3 is 9.84 Å². The van der Waals surface area contributed by atoms with Crippen molar-refractivity contribution in [2.24, 2.45) is 0 Å². The van der Waals surface area contributed by atoms with Gasteiger partial charge in [-0.1, -0.05) is 37.6 Å². The van der Waals surface area contributed by atoms with Crippen LogP contribution in [0.1, 0.15) is 44.4 Å². The van der Waals surface area contributed by atoms with Gasteiger partial charge in [-0.25, -0.2) is 0 Å². The SMILES string of the molecule is CCCc1ccc(C(O)CN2C[C@@H](C)O[C@@H](C)C2)cc1. The predicted octanol–water partition coefficient (Wildman–Crippen LogP) is 2.78. The average Bonchev–Trinajstić information content (AvgIpc) is 2.38. The summed E-state index contributed by atoms with van der Waals surface area (Å²) in [6, 6.07) is 8.38. The Hall–Kier alpha value is -0.900. The summed E-state index contributed by atoms with van der Waals surface area (Å²) in [5, 5.41) is 10.4. The van der Waals surface area contributed by atoms with Crippen LogP contribution < -0.4 is 0 Å². The molecule has 0 radical (unpaired) electrons. The van der Waals surface area contributed by atoms with Crippen LogP contribution in [-0.4, -0.2) is 41.8 Å². The average molecular weight is 277 g/mol. The molecule has 1 unspecified atom stereocenters. The molecule has 2 rings (SSSR count). The van der Waals surface area contributed by atoms with Crippen LogP contribution in [0.4, 0.5) is 0 Å². The number of aryl methyl sites for hydroxylation is 1. The van der Waals surface area contributed by atoms with E-state index in [-0.39, 0.29) is 12.2 Å². The van der Waals surface area contributed by atoms with E-state index < -0.39 is 6.10 Å². The minimum atomic E-state index is -0.414. The van der Waals surface area contributed by atoms with Crippen molar-refractivity contribution in [3.05, 3.63) is 35.4 Å². The van der Waals surface area contributed by atoms with Crippen molar-refractivity contribution in [3.63, 3.8) is 0 Å². The number of rotatable bonds is 5. The molecule has 1 saturated heterocycles. The molecule has 112 valence electrons. The Labute approximate surface area is 122 Å². The van der Waals surface area contributed by atoms with Crippen LogP contribution in [0.3, 0.4) is 0 Å². The number of benzene rings is 1. The third-order valence-corrected chi connectivity index (χ3v) is 3.83. The van der Waals surface area contributed by atoms with Crippen molar-refractivity contribution in [3.8, 4) is 0 Å². The van der Waals surface area contributed by atoms with Gasteiger partial charge in [0.15, 0.2) is 0 Å². The normalized spacial score (nSPS) is 25.6. The number of hydrogen-bond acceptors (Lipinski definition) is 3. The molecule has 20 heavy (non-hydrogen) atoms. The van der Waals surface area contributed by atoms with Crippen molar-refractivity contribution >= 4 is 0 Å². The molecule has 1 aromatic carbocycles. The second kappa shape index (κ2) is 7.21. The van der Waals surface area contributed by atoms with E-state index >= 15 is 0 Å². The molecule has 1 fully saturated rings. The maximum Gasteiger partial charge on any atom is 0.0916 e. The summed E-state index contributed by atoms with van der Waals surface area (Å²) in [6.07, 6.45) is 2.35. The van der Waals surface area contributed by atoms with Crippen LogP contribution in [0.2, 0.25) is 0 Å². The lowest BCUT2D eigenvalue weighted by molar-refractivity contribution is -0.0767. The zero-order valence-corrected chi connectivity index (χ0v) is 12.9. The maximum absolute atomic E-state index is 10.4. The molecular formula is C17H27NO2. The van der Waals surface area contributed by atoms with E-state index in [1.807, 2.05) is 0 Å². The van der Waals surface area contributed by atoms with Crippen LogP contribution in [0.5, 0.6) is 0 Å². The Bertz CT molecular complexity index is 394. The van der Waals surface area contributed by atoms with Crippen LogP contribution in [0.25, 0.3) is 0 Å². The fraction of sp³-hybridized carbons (Fsp3) is 0.647. The van der Waals surface area contributed by atoms with E-state index in [4.69, 9.17) is 4.74 Å². The van der Waals surface area contributed by atoms with E-state index in [0.29, 0.717) is 6.54 Å². The molecule has 1 aliphatic rings. The highest BCUT2D eigenvalue weighted by atomic mass is 16.5. The minimum absolute atomic E-state index is 0.248. The standard InChI is InChI=1S/C17H27NO2/c1-4-5-15-6-8-16(9-7-15)17(19)12-18-10-13(2)20-14(3)11-18/h6-9,13-14,17,19H,4-5,10-12H2,1-3H3/t13-,14+,17?. The Morgan fingerprint density at radius 1 is 1.20 bits per heavy atom. The van der Waals surface area contributed by atoms with Gasteiger partial charge in [-0.2, -0.15) is 0 Å². The zero-order chi connectivity index (χ0) is 14.5. The highest BCUT2D eigenvalue weighted by Crippen LogP contribution is 2.19. The fourth-order valence-electron chi connectivity index (χ4n) is 2.98. The number of ether oxygens (including phenoxy) is 1. The summed E-state index contributed by atoms with van der Waals surface area (Å²) in [5.74, 6) is 0. The van der Waals surface area contributed by atoms with E-state index in [1.165, 1.54) is 5.56 Å². The molecule has 3 atom stereocenters. The first kappa shape index (κ1) is 15.5. The molecule has 0 bridgehead atoms. The minimum Gasteiger partial charge on any atom is -0.387 e. The number of nitrogens with zero attached hydrogens (tertiary/aromatic N) is 1. The topological polar surface area (TPSA) is 32.7 Å². The van der Waals surface area contributed by atoms with Gasteiger partial charge in [0.05, 0.1) is 18.3 Å². The summed E-state index contributed by atoms with van der Waals surface area (Å²) in [5.41, 5.74) is 2.36. The van der Waals surface area contributed by atoms with E-state index in [2.05, 4.69) is 49.9 Å². The smallest absolute Gasteiger partial charge is 0.0916 e. The third-order valence-electron chi connectivity index (χ3n) is 3.83. The first-order valence-electron chi connectivity index (χ1n) is 7.73. The molecule has 0 aliphatic carbocycles. The van der Waals surface area contributed by atoms with Gasteiger partial charge in [-0.05, 0) is 31.4 Å². The van der Waals surface area contributed by atoms with Crippen molar-refractivity contribution in [1.82, 2.24) is 4.90 Å². The van der Waals surface area contributed by atoms with Crippen LogP contribution in [0.15, 0.2) is 24.3 Å². The molecule has 3 nitrogen and oxygen atoms in total. The van der Waals surface area contributed by atoms with E-state index in [9.17, 15) is 5.11 Å². The summed E-state index contributed by atoms with van der Waals surface area (Å²) in [4.78, 5) is 2.30. The van der Waals surface area contributed by atoms with Crippen molar-refractivity contribution < 1.29 is 9.84 Å². The maximum atomic E-state index is 10.4. The molecule has 1 aromatic rings. The largest absolute Gasteiger partial charge is 0.387 e. The van der Waals surface area contributed by atoms with E-state index in [1.54, 1.807) is 0 Å². The summed E-state index contributed by atoms with van der Waals surface area (Å²) >= 11 is 0.